The molecule has 3 aromatic rings. The molecule has 1 N–H and O–H groups in total. The van der Waals surface area contributed by atoms with Crippen LogP contribution < -0.4 is 5.32 Å². The van der Waals surface area contributed by atoms with Gasteiger partial charge in [-0.1, -0.05) is 18.2 Å². The lowest BCUT2D eigenvalue weighted by Gasteiger charge is -2.07. The summed E-state index contributed by atoms with van der Waals surface area (Å²) >= 11 is 2.02. The predicted molar refractivity (Wildman–Crippen MR) is 85.9 cm³/mol. The van der Waals surface area contributed by atoms with Crippen LogP contribution in [0.5, 0.6) is 0 Å². The summed E-state index contributed by atoms with van der Waals surface area (Å²) in [5, 5.41) is 3.83. The Morgan fingerprint density at radius 3 is 2.80 bits per heavy atom. The molecule has 0 bridgehead atoms. The van der Waals surface area contributed by atoms with Crippen LogP contribution in [0.25, 0.3) is 10.9 Å². The Bertz CT molecular complexity index is 795. The smallest absolute Gasteiger partial charge is 0.291 e. The number of anilines is 1. The van der Waals surface area contributed by atoms with Gasteiger partial charge in [0.25, 0.3) is 5.91 Å². The number of halogens is 1. The van der Waals surface area contributed by atoms with E-state index in [1.54, 1.807) is 12.1 Å². The first-order valence-electron chi connectivity index (χ1n) is 6.06. The SMILES string of the molecule is Cc1ccc2cccc(NC(=O)c3ccc(I)o3)c2n1. The van der Waals surface area contributed by atoms with E-state index in [0.29, 0.717) is 15.2 Å². The standard InChI is InChI=1S/C15H11IN2O2/c1-9-5-6-10-3-2-4-11(14(10)17-9)18-15(19)12-7-8-13(16)20-12/h2-8H,1H3,(H,18,19). The van der Waals surface area contributed by atoms with Gasteiger partial charge < -0.3 is 9.73 Å². The van der Waals surface area contributed by atoms with Gasteiger partial charge in [-0.25, -0.2) is 0 Å². The maximum atomic E-state index is 12.1. The largest absolute Gasteiger partial charge is 0.445 e. The zero-order chi connectivity index (χ0) is 14.1. The van der Waals surface area contributed by atoms with Crippen LogP contribution >= 0.6 is 22.6 Å². The second-order valence-electron chi connectivity index (χ2n) is 4.39. The fraction of sp³-hybridized carbons (Fsp3) is 0.0667. The summed E-state index contributed by atoms with van der Waals surface area (Å²) in [7, 11) is 0. The summed E-state index contributed by atoms with van der Waals surface area (Å²) in [6.45, 7) is 1.92. The van der Waals surface area contributed by atoms with Crippen molar-refractivity contribution in [3.63, 3.8) is 0 Å². The van der Waals surface area contributed by atoms with Crippen LogP contribution in [-0.2, 0) is 0 Å². The summed E-state index contributed by atoms with van der Waals surface area (Å²) in [6.07, 6.45) is 0. The number of fused-ring (bicyclic) bond motifs is 1. The Labute approximate surface area is 129 Å². The van der Waals surface area contributed by atoms with Gasteiger partial charge in [-0.05, 0) is 53.8 Å². The van der Waals surface area contributed by atoms with Gasteiger partial charge in [0.05, 0.1) is 11.2 Å². The van der Waals surface area contributed by atoms with E-state index < -0.39 is 0 Å². The van der Waals surface area contributed by atoms with E-state index in [1.807, 2.05) is 59.8 Å². The van der Waals surface area contributed by atoms with Crippen molar-refractivity contribution < 1.29 is 9.21 Å². The monoisotopic (exact) mass is 378 g/mol. The molecule has 20 heavy (non-hydrogen) atoms. The Morgan fingerprint density at radius 2 is 2.05 bits per heavy atom. The van der Waals surface area contributed by atoms with Crippen molar-refractivity contribution in [1.29, 1.82) is 0 Å². The molecule has 1 amide bonds. The number of hydrogen-bond acceptors (Lipinski definition) is 3. The summed E-state index contributed by atoms with van der Waals surface area (Å²) < 4.78 is 5.99. The molecule has 5 heteroatoms. The molecule has 2 aromatic heterocycles. The van der Waals surface area contributed by atoms with E-state index in [0.717, 1.165) is 16.6 Å². The number of carbonyl (C=O) groups is 1. The summed E-state index contributed by atoms with van der Waals surface area (Å²) in [4.78, 5) is 16.6. The average Bonchev–Trinajstić information content (AvgIpc) is 2.86. The van der Waals surface area contributed by atoms with Crippen LogP contribution in [0.4, 0.5) is 5.69 Å². The summed E-state index contributed by atoms with van der Waals surface area (Å²) in [6, 6.07) is 13.0. The molecule has 0 aliphatic heterocycles. The Balaban J connectivity index is 1.98. The number of nitrogens with one attached hydrogen (secondary N) is 1. The van der Waals surface area contributed by atoms with E-state index in [1.165, 1.54) is 0 Å². The molecular weight excluding hydrogens is 367 g/mol. The number of rotatable bonds is 2. The van der Waals surface area contributed by atoms with Crippen molar-refractivity contribution in [2.75, 3.05) is 5.32 Å². The minimum absolute atomic E-state index is 0.274. The maximum Gasteiger partial charge on any atom is 0.291 e. The number of aryl methyl sites for hydroxylation is 1. The Hall–Kier alpha value is -1.89. The lowest BCUT2D eigenvalue weighted by Crippen LogP contribution is -2.11. The maximum absolute atomic E-state index is 12.1. The van der Waals surface area contributed by atoms with Crippen molar-refractivity contribution in [1.82, 2.24) is 4.98 Å². The second kappa shape index (κ2) is 5.24. The first-order valence-corrected chi connectivity index (χ1v) is 7.14. The number of hydrogen-bond donors (Lipinski definition) is 1. The van der Waals surface area contributed by atoms with Gasteiger partial charge in [-0.15, -0.1) is 0 Å². The van der Waals surface area contributed by atoms with Crippen LogP contribution in [0.15, 0.2) is 46.9 Å². The van der Waals surface area contributed by atoms with Gasteiger partial charge in [0.2, 0.25) is 0 Å². The van der Waals surface area contributed by atoms with Crippen molar-refractivity contribution in [2.45, 2.75) is 6.92 Å². The molecule has 1 aromatic carbocycles. The third-order valence-electron chi connectivity index (χ3n) is 2.90. The number of aromatic nitrogens is 1. The van der Waals surface area contributed by atoms with E-state index >= 15 is 0 Å². The van der Waals surface area contributed by atoms with Gasteiger partial charge >= 0.3 is 0 Å². The van der Waals surface area contributed by atoms with Crippen LogP contribution in [0.1, 0.15) is 16.2 Å². The van der Waals surface area contributed by atoms with E-state index in [-0.39, 0.29) is 5.91 Å². The molecule has 0 saturated carbocycles. The number of para-hydroxylation sites is 1. The third kappa shape index (κ3) is 2.53. The number of carbonyl (C=O) groups excluding carboxylic acids is 1. The molecule has 0 spiro atoms. The first-order chi connectivity index (χ1) is 9.63. The van der Waals surface area contributed by atoms with E-state index in [2.05, 4.69) is 10.3 Å². The normalized spacial score (nSPS) is 10.7. The number of pyridine rings is 1. The van der Waals surface area contributed by atoms with Crippen molar-refractivity contribution in [3.05, 3.63) is 57.7 Å². The molecule has 100 valence electrons. The van der Waals surface area contributed by atoms with Crippen molar-refractivity contribution >= 4 is 45.1 Å². The van der Waals surface area contributed by atoms with Gasteiger partial charge in [0, 0.05) is 11.1 Å². The van der Waals surface area contributed by atoms with Crippen LogP contribution in [0, 0.1) is 10.7 Å². The molecular formula is C15H11IN2O2. The third-order valence-corrected chi connectivity index (χ3v) is 3.48. The number of benzene rings is 1. The first kappa shape index (κ1) is 13.1. The number of furan rings is 1. The van der Waals surface area contributed by atoms with Gasteiger partial charge in [-0.3, -0.25) is 9.78 Å². The second-order valence-corrected chi connectivity index (χ2v) is 5.45. The predicted octanol–water partition coefficient (Wildman–Crippen LogP) is 3.99. The van der Waals surface area contributed by atoms with Crippen molar-refractivity contribution in [3.8, 4) is 0 Å². The zero-order valence-corrected chi connectivity index (χ0v) is 12.8. The number of amides is 1. The molecule has 0 unspecified atom stereocenters. The van der Waals surface area contributed by atoms with E-state index in [4.69, 9.17) is 4.42 Å². The minimum atomic E-state index is -0.274. The molecule has 0 saturated heterocycles. The van der Waals surface area contributed by atoms with Crippen LogP contribution in [0.3, 0.4) is 0 Å². The molecule has 3 rings (SSSR count). The topological polar surface area (TPSA) is 55.1 Å². The van der Waals surface area contributed by atoms with E-state index in [9.17, 15) is 4.79 Å². The fourth-order valence-corrected chi connectivity index (χ4v) is 2.38. The molecule has 0 aliphatic rings. The summed E-state index contributed by atoms with van der Waals surface area (Å²) in [5.74, 6) is 0.0165. The quantitative estimate of drug-likeness (QED) is 0.686. The fourth-order valence-electron chi connectivity index (χ4n) is 1.97. The Kier molecular flexibility index (Phi) is 3.43. The highest BCUT2D eigenvalue weighted by Gasteiger charge is 2.12. The molecule has 0 aliphatic carbocycles. The highest BCUT2D eigenvalue weighted by Crippen LogP contribution is 2.22. The zero-order valence-electron chi connectivity index (χ0n) is 10.7. The molecule has 2 heterocycles. The molecule has 0 atom stereocenters. The van der Waals surface area contributed by atoms with Crippen LogP contribution in [0.2, 0.25) is 0 Å². The number of nitrogens with zero attached hydrogens (tertiary/aromatic N) is 1. The lowest BCUT2D eigenvalue weighted by molar-refractivity contribution is 0.0995. The summed E-state index contributed by atoms with van der Waals surface area (Å²) in [5.41, 5.74) is 2.37. The van der Waals surface area contributed by atoms with Crippen molar-refractivity contribution in [2.24, 2.45) is 0 Å². The molecule has 0 fully saturated rings. The lowest BCUT2D eigenvalue weighted by atomic mass is 10.1. The highest BCUT2D eigenvalue weighted by atomic mass is 127. The van der Waals surface area contributed by atoms with Gasteiger partial charge in [-0.2, -0.15) is 0 Å². The molecule has 4 nitrogen and oxygen atoms in total. The average molecular weight is 378 g/mol. The molecule has 0 radical (unpaired) electrons. The van der Waals surface area contributed by atoms with Crippen LogP contribution in [-0.4, -0.2) is 10.9 Å². The highest BCUT2D eigenvalue weighted by molar-refractivity contribution is 14.1. The van der Waals surface area contributed by atoms with Gasteiger partial charge in [0.1, 0.15) is 0 Å². The van der Waals surface area contributed by atoms with Gasteiger partial charge in [0.15, 0.2) is 9.53 Å². The Morgan fingerprint density at radius 1 is 1.20 bits per heavy atom. The minimum Gasteiger partial charge on any atom is -0.445 e.